The quantitative estimate of drug-likeness (QED) is 0.641. The van der Waals surface area contributed by atoms with Gasteiger partial charge in [0.2, 0.25) is 17.7 Å². The molecule has 0 bridgehead atoms. The van der Waals surface area contributed by atoms with Gasteiger partial charge in [-0.25, -0.2) is 0 Å². The van der Waals surface area contributed by atoms with Gasteiger partial charge in [-0.05, 0) is 49.4 Å². The van der Waals surface area contributed by atoms with Gasteiger partial charge in [-0.3, -0.25) is 14.4 Å². The minimum atomic E-state index is -0.0457. The van der Waals surface area contributed by atoms with Gasteiger partial charge in [0.15, 0.2) is 0 Å². The largest absolute Gasteiger partial charge is 0.353 e. The molecule has 7 heteroatoms. The number of nitrogens with two attached hydrogens (primary N) is 1. The van der Waals surface area contributed by atoms with Crippen LogP contribution < -0.4 is 21.7 Å². The lowest BCUT2D eigenvalue weighted by Crippen LogP contribution is -2.40. The fourth-order valence-electron chi connectivity index (χ4n) is 3.48. The zero-order valence-electron chi connectivity index (χ0n) is 14.1. The summed E-state index contributed by atoms with van der Waals surface area (Å²) in [6.45, 7) is 0.353. The van der Waals surface area contributed by atoms with Crippen molar-refractivity contribution in [3.8, 4) is 0 Å². The van der Waals surface area contributed by atoms with Crippen molar-refractivity contribution in [1.82, 2.24) is 5.32 Å². The highest BCUT2D eigenvalue weighted by atomic mass is 16.2. The first-order valence-electron chi connectivity index (χ1n) is 8.78. The second-order valence-electron chi connectivity index (χ2n) is 6.74. The highest BCUT2D eigenvalue weighted by Crippen LogP contribution is 2.28. The number of carbonyl (C=O) groups is 3. The van der Waals surface area contributed by atoms with Gasteiger partial charge in [-0.1, -0.05) is 0 Å². The molecule has 1 aromatic rings. The van der Waals surface area contributed by atoms with Crippen LogP contribution in [0.3, 0.4) is 0 Å². The van der Waals surface area contributed by atoms with Crippen LogP contribution in [0, 0.1) is 5.92 Å². The Labute approximate surface area is 146 Å². The van der Waals surface area contributed by atoms with Crippen molar-refractivity contribution in [2.45, 2.75) is 44.6 Å². The van der Waals surface area contributed by atoms with E-state index in [0.29, 0.717) is 19.4 Å². The first-order chi connectivity index (χ1) is 12.0. The Kier molecular flexibility index (Phi) is 5.33. The molecule has 1 aromatic carbocycles. The number of nitrogens with one attached hydrogen (secondary N) is 3. The average Bonchev–Trinajstić information content (AvgIpc) is 2.95. The molecule has 1 fully saturated rings. The number of anilines is 2. The molecule has 0 radical (unpaired) electrons. The van der Waals surface area contributed by atoms with Crippen LogP contribution in [0.2, 0.25) is 0 Å². The zero-order chi connectivity index (χ0) is 17.8. The van der Waals surface area contributed by atoms with Gasteiger partial charge in [0.1, 0.15) is 0 Å². The van der Waals surface area contributed by atoms with E-state index in [2.05, 4.69) is 16.0 Å². The van der Waals surface area contributed by atoms with E-state index in [1.807, 2.05) is 12.1 Å². The Hall–Kier alpha value is -2.41. The fraction of sp³-hybridized carbons (Fsp3) is 0.500. The van der Waals surface area contributed by atoms with Crippen molar-refractivity contribution in [3.63, 3.8) is 0 Å². The fourth-order valence-corrected chi connectivity index (χ4v) is 3.48. The first-order valence-corrected chi connectivity index (χ1v) is 8.78. The van der Waals surface area contributed by atoms with E-state index in [1.54, 1.807) is 6.07 Å². The molecule has 0 saturated heterocycles. The summed E-state index contributed by atoms with van der Waals surface area (Å²) in [5.74, 6) is -0.0789. The van der Waals surface area contributed by atoms with Crippen LogP contribution in [-0.2, 0) is 20.8 Å². The molecular formula is C18H24N4O3. The zero-order valence-corrected chi connectivity index (χ0v) is 14.1. The third-order valence-corrected chi connectivity index (χ3v) is 4.83. The van der Waals surface area contributed by atoms with Gasteiger partial charge in [-0.15, -0.1) is 0 Å². The normalized spacial score (nSPS) is 22.0. The predicted octanol–water partition coefficient (Wildman–Crippen LogP) is 1.14. The number of carbonyl (C=O) groups excluding carboxylic acids is 3. The minimum absolute atomic E-state index is 0.00367. The number of benzene rings is 1. The molecular weight excluding hydrogens is 320 g/mol. The van der Waals surface area contributed by atoms with Gasteiger partial charge in [-0.2, -0.15) is 0 Å². The summed E-state index contributed by atoms with van der Waals surface area (Å²) in [7, 11) is 0. The van der Waals surface area contributed by atoms with Crippen molar-refractivity contribution in [3.05, 3.63) is 23.8 Å². The highest BCUT2D eigenvalue weighted by Gasteiger charge is 2.27. The molecule has 0 spiro atoms. The highest BCUT2D eigenvalue weighted by molar-refractivity contribution is 6.00. The monoisotopic (exact) mass is 344 g/mol. The summed E-state index contributed by atoms with van der Waals surface area (Å²) in [6.07, 6.45) is 3.81. The van der Waals surface area contributed by atoms with Crippen molar-refractivity contribution in [1.29, 1.82) is 0 Å². The molecule has 25 heavy (non-hydrogen) atoms. The van der Waals surface area contributed by atoms with Gasteiger partial charge < -0.3 is 21.7 Å². The van der Waals surface area contributed by atoms with Crippen LogP contribution in [0.15, 0.2) is 18.2 Å². The topological polar surface area (TPSA) is 113 Å². The van der Waals surface area contributed by atoms with E-state index in [4.69, 9.17) is 5.73 Å². The molecule has 1 aliphatic carbocycles. The maximum absolute atomic E-state index is 12.5. The van der Waals surface area contributed by atoms with E-state index in [9.17, 15) is 14.4 Å². The number of fused-ring (bicyclic) bond motifs is 1. The maximum atomic E-state index is 12.5. The van der Waals surface area contributed by atoms with Crippen LogP contribution in [0.1, 0.15) is 37.7 Å². The molecule has 1 aliphatic heterocycles. The van der Waals surface area contributed by atoms with Crippen molar-refractivity contribution < 1.29 is 14.4 Å². The van der Waals surface area contributed by atoms with Gasteiger partial charge >= 0.3 is 0 Å². The van der Waals surface area contributed by atoms with Crippen LogP contribution in [-0.4, -0.2) is 30.3 Å². The molecule has 134 valence electrons. The van der Waals surface area contributed by atoms with E-state index in [-0.39, 0.29) is 29.7 Å². The number of amides is 3. The lowest BCUT2D eigenvalue weighted by atomic mass is 9.85. The summed E-state index contributed by atoms with van der Waals surface area (Å²) in [6, 6.07) is 5.62. The van der Waals surface area contributed by atoms with E-state index < -0.39 is 0 Å². The molecule has 0 unspecified atom stereocenters. The molecule has 0 atom stereocenters. The second kappa shape index (κ2) is 7.65. The van der Waals surface area contributed by atoms with Crippen molar-refractivity contribution in [2.24, 2.45) is 11.7 Å². The van der Waals surface area contributed by atoms with Crippen molar-refractivity contribution >= 4 is 29.1 Å². The van der Waals surface area contributed by atoms with Crippen LogP contribution >= 0.6 is 0 Å². The molecule has 5 N–H and O–H groups in total. The molecule has 2 aliphatic rings. The van der Waals surface area contributed by atoms with Gasteiger partial charge in [0.25, 0.3) is 0 Å². The van der Waals surface area contributed by atoms with E-state index >= 15 is 0 Å². The molecule has 3 rings (SSSR count). The molecule has 1 saturated carbocycles. The summed E-state index contributed by atoms with van der Waals surface area (Å²) >= 11 is 0. The number of hydrogen-bond donors (Lipinski definition) is 4. The lowest BCUT2D eigenvalue weighted by molar-refractivity contribution is -0.122. The van der Waals surface area contributed by atoms with Gasteiger partial charge in [0, 0.05) is 36.3 Å². The SMILES string of the molecule is NCCC(=O)NC1CCC(C(=O)Nc2ccc3c(c2)CC(=O)N3)CC1. The smallest absolute Gasteiger partial charge is 0.228 e. The molecule has 7 nitrogen and oxygen atoms in total. The van der Waals surface area contributed by atoms with Crippen LogP contribution in [0.5, 0.6) is 0 Å². The lowest BCUT2D eigenvalue weighted by Gasteiger charge is -2.28. The first kappa shape index (κ1) is 17.4. The Bertz CT molecular complexity index is 681. The summed E-state index contributed by atoms with van der Waals surface area (Å²) < 4.78 is 0. The van der Waals surface area contributed by atoms with E-state index in [0.717, 1.165) is 42.6 Å². The van der Waals surface area contributed by atoms with Crippen LogP contribution in [0.25, 0.3) is 0 Å². The third kappa shape index (κ3) is 4.36. The standard InChI is InChI=1S/C18H24N4O3/c19-8-7-16(23)20-13-3-1-11(2-4-13)18(25)21-14-5-6-15-12(9-14)10-17(24)22-15/h5-6,9,11,13H,1-4,7-8,10,19H2,(H,20,23)(H,21,25)(H,22,24). The Balaban J connectivity index is 1.49. The minimum Gasteiger partial charge on any atom is -0.353 e. The number of rotatable bonds is 5. The van der Waals surface area contributed by atoms with E-state index in [1.165, 1.54) is 0 Å². The van der Waals surface area contributed by atoms with Gasteiger partial charge in [0.05, 0.1) is 6.42 Å². The Morgan fingerprint density at radius 2 is 1.96 bits per heavy atom. The maximum Gasteiger partial charge on any atom is 0.228 e. The van der Waals surface area contributed by atoms with Crippen molar-refractivity contribution in [2.75, 3.05) is 17.2 Å². The summed E-state index contributed by atoms with van der Waals surface area (Å²) in [5, 5.41) is 8.70. The Morgan fingerprint density at radius 3 is 2.68 bits per heavy atom. The van der Waals surface area contributed by atoms with Crippen LogP contribution in [0.4, 0.5) is 11.4 Å². The number of hydrogen-bond acceptors (Lipinski definition) is 4. The average molecular weight is 344 g/mol. The molecule has 1 heterocycles. The third-order valence-electron chi connectivity index (χ3n) is 4.83. The Morgan fingerprint density at radius 1 is 1.20 bits per heavy atom. The summed E-state index contributed by atoms with van der Waals surface area (Å²) in [4.78, 5) is 35.4. The second-order valence-corrected chi connectivity index (χ2v) is 6.74. The molecule has 0 aromatic heterocycles. The summed E-state index contributed by atoms with van der Waals surface area (Å²) in [5.41, 5.74) is 7.82. The molecule has 3 amide bonds. The predicted molar refractivity (Wildman–Crippen MR) is 95.0 cm³/mol.